The van der Waals surface area contributed by atoms with Crippen LogP contribution in [0.25, 0.3) is 6.08 Å². The monoisotopic (exact) mass is 274 g/mol. The predicted molar refractivity (Wildman–Crippen MR) is 78.3 cm³/mol. The molecule has 0 saturated heterocycles. The minimum Gasteiger partial charge on any atom is -0.465 e. The molecule has 1 rings (SSSR count). The summed E-state index contributed by atoms with van der Waals surface area (Å²) in [5.74, 6) is -0.492. The Hall–Kier alpha value is -2.43. The second-order valence-corrected chi connectivity index (χ2v) is 4.07. The van der Waals surface area contributed by atoms with Crippen molar-refractivity contribution in [3.63, 3.8) is 0 Å². The first-order valence-corrected chi connectivity index (χ1v) is 6.25. The number of carbonyl (C=O) groups excluding carboxylic acids is 2. The SMILES string of the molecule is C=Cc1ccc(C)c(/C=N\N(C=O)CC(=O)OCC)c1. The van der Waals surface area contributed by atoms with Crippen molar-refractivity contribution in [2.24, 2.45) is 5.10 Å². The number of benzene rings is 1. The first-order valence-electron chi connectivity index (χ1n) is 6.25. The van der Waals surface area contributed by atoms with Crippen LogP contribution in [0.15, 0.2) is 29.9 Å². The molecule has 0 aliphatic heterocycles. The van der Waals surface area contributed by atoms with Gasteiger partial charge in [0.15, 0.2) is 0 Å². The van der Waals surface area contributed by atoms with Crippen LogP contribution in [-0.2, 0) is 14.3 Å². The Labute approximate surface area is 118 Å². The maximum absolute atomic E-state index is 11.3. The van der Waals surface area contributed by atoms with E-state index in [1.165, 1.54) is 6.21 Å². The third kappa shape index (κ3) is 4.68. The van der Waals surface area contributed by atoms with Crippen LogP contribution in [0.1, 0.15) is 23.6 Å². The number of amides is 1. The third-order valence-electron chi connectivity index (χ3n) is 2.60. The van der Waals surface area contributed by atoms with Crippen molar-refractivity contribution < 1.29 is 14.3 Å². The van der Waals surface area contributed by atoms with Crippen molar-refractivity contribution in [3.05, 3.63) is 41.5 Å². The van der Waals surface area contributed by atoms with Gasteiger partial charge in [0.1, 0.15) is 6.54 Å². The van der Waals surface area contributed by atoms with E-state index < -0.39 is 5.97 Å². The van der Waals surface area contributed by atoms with Crippen molar-refractivity contribution in [1.82, 2.24) is 5.01 Å². The Kier molecular flexibility index (Phi) is 6.16. The quantitative estimate of drug-likeness (QED) is 0.331. The van der Waals surface area contributed by atoms with Gasteiger partial charge in [-0.3, -0.25) is 9.59 Å². The number of esters is 1. The Bertz CT molecular complexity index is 524. The second kappa shape index (κ2) is 7.89. The van der Waals surface area contributed by atoms with Gasteiger partial charge in [-0.1, -0.05) is 24.8 Å². The summed E-state index contributed by atoms with van der Waals surface area (Å²) in [6.45, 7) is 7.41. The Morgan fingerprint density at radius 3 is 2.85 bits per heavy atom. The number of hydrogen-bond donors (Lipinski definition) is 0. The van der Waals surface area contributed by atoms with Gasteiger partial charge in [-0.2, -0.15) is 5.10 Å². The molecule has 106 valence electrons. The molecule has 0 bridgehead atoms. The normalized spacial score (nSPS) is 10.3. The minimum atomic E-state index is -0.492. The van der Waals surface area contributed by atoms with Crippen molar-refractivity contribution in [1.29, 1.82) is 0 Å². The summed E-state index contributed by atoms with van der Waals surface area (Å²) in [6.07, 6.45) is 3.75. The number of carbonyl (C=O) groups is 2. The summed E-state index contributed by atoms with van der Waals surface area (Å²) in [4.78, 5) is 22.1. The van der Waals surface area contributed by atoms with Gasteiger partial charge in [-0.05, 0) is 36.6 Å². The first kappa shape index (κ1) is 15.6. The van der Waals surface area contributed by atoms with Crippen molar-refractivity contribution in [3.8, 4) is 0 Å². The molecule has 5 nitrogen and oxygen atoms in total. The summed E-state index contributed by atoms with van der Waals surface area (Å²) in [6, 6.07) is 5.78. The molecule has 5 heteroatoms. The molecule has 0 unspecified atom stereocenters. The van der Waals surface area contributed by atoms with Gasteiger partial charge in [0.05, 0.1) is 12.8 Å². The van der Waals surface area contributed by atoms with Crippen LogP contribution in [0.3, 0.4) is 0 Å². The van der Waals surface area contributed by atoms with E-state index in [1.807, 2.05) is 25.1 Å². The van der Waals surface area contributed by atoms with E-state index in [4.69, 9.17) is 4.74 Å². The molecule has 0 saturated carbocycles. The van der Waals surface area contributed by atoms with E-state index >= 15 is 0 Å². The molecule has 0 atom stereocenters. The molecule has 0 heterocycles. The lowest BCUT2D eigenvalue weighted by Gasteiger charge is -2.10. The van der Waals surface area contributed by atoms with E-state index in [-0.39, 0.29) is 13.2 Å². The highest BCUT2D eigenvalue weighted by Gasteiger charge is 2.07. The molecule has 0 aromatic heterocycles. The zero-order chi connectivity index (χ0) is 15.0. The number of nitrogens with zero attached hydrogens (tertiary/aromatic N) is 2. The van der Waals surface area contributed by atoms with Crippen LogP contribution in [0, 0.1) is 6.92 Å². The molecule has 0 aliphatic carbocycles. The molecule has 0 radical (unpaired) electrons. The van der Waals surface area contributed by atoms with Crippen LogP contribution in [0.2, 0.25) is 0 Å². The summed E-state index contributed by atoms with van der Waals surface area (Å²) in [5, 5.41) is 4.97. The number of hydrazone groups is 1. The maximum atomic E-state index is 11.3. The summed E-state index contributed by atoms with van der Waals surface area (Å²) >= 11 is 0. The van der Waals surface area contributed by atoms with Crippen LogP contribution >= 0.6 is 0 Å². The molecular formula is C15H18N2O3. The Balaban J connectivity index is 2.81. The second-order valence-electron chi connectivity index (χ2n) is 4.07. The van der Waals surface area contributed by atoms with Crippen LogP contribution in [0.5, 0.6) is 0 Å². The predicted octanol–water partition coefficient (Wildman–Crippen LogP) is 1.99. The van der Waals surface area contributed by atoms with Gasteiger partial charge >= 0.3 is 5.97 Å². The van der Waals surface area contributed by atoms with E-state index in [0.29, 0.717) is 6.41 Å². The highest BCUT2D eigenvalue weighted by atomic mass is 16.5. The van der Waals surface area contributed by atoms with E-state index in [1.54, 1.807) is 13.0 Å². The van der Waals surface area contributed by atoms with Crippen LogP contribution in [-0.4, -0.2) is 36.8 Å². The number of ether oxygens (including phenoxy) is 1. The maximum Gasteiger partial charge on any atom is 0.327 e. The molecule has 1 aromatic carbocycles. The van der Waals surface area contributed by atoms with Gasteiger partial charge in [0.2, 0.25) is 6.41 Å². The topological polar surface area (TPSA) is 59.0 Å². The average Bonchev–Trinajstić information content (AvgIpc) is 2.45. The molecule has 1 amide bonds. The van der Waals surface area contributed by atoms with Crippen molar-refractivity contribution >= 4 is 24.7 Å². The minimum absolute atomic E-state index is 0.200. The molecule has 0 N–H and O–H groups in total. The number of aryl methyl sites for hydroxylation is 1. The third-order valence-corrected chi connectivity index (χ3v) is 2.60. The van der Waals surface area contributed by atoms with Gasteiger partial charge in [-0.25, -0.2) is 5.01 Å². The average molecular weight is 274 g/mol. The van der Waals surface area contributed by atoms with Crippen LogP contribution in [0.4, 0.5) is 0 Å². The van der Waals surface area contributed by atoms with Crippen molar-refractivity contribution in [2.75, 3.05) is 13.2 Å². The molecule has 0 aliphatic rings. The highest BCUT2D eigenvalue weighted by Crippen LogP contribution is 2.10. The number of hydrogen-bond acceptors (Lipinski definition) is 4. The van der Waals surface area contributed by atoms with E-state index in [2.05, 4.69) is 11.7 Å². The number of rotatable bonds is 7. The molecule has 0 fully saturated rings. The lowest BCUT2D eigenvalue weighted by molar-refractivity contribution is -0.146. The molecular weight excluding hydrogens is 256 g/mol. The fourth-order valence-electron chi connectivity index (χ4n) is 1.51. The zero-order valence-corrected chi connectivity index (χ0v) is 11.7. The summed E-state index contributed by atoms with van der Waals surface area (Å²) < 4.78 is 4.76. The standard InChI is InChI=1S/C15H18N2O3/c1-4-13-7-6-12(3)14(8-13)9-16-17(11-18)10-15(19)20-5-2/h4,6-9,11H,1,5,10H2,2-3H3/b16-9-. The molecule has 20 heavy (non-hydrogen) atoms. The smallest absolute Gasteiger partial charge is 0.327 e. The van der Waals surface area contributed by atoms with Gasteiger partial charge in [0, 0.05) is 0 Å². The summed E-state index contributed by atoms with van der Waals surface area (Å²) in [5.41, 5.74) is 2.83. The highest BCUT2D eigenvalue weighted by molar-refractivity contribution is 5.83. The van der Waals surface area contributed by atoms with Crippen molar-refractivity contribution in [2.45, 2.75) is 13.8 Å². The largest absolute Gasteiger partial charge is 0.465 e. The Morgan fingerprint density at radius 2 is 2.25 bits per heavy atom. The molecule has 1 aromatic rings. The van der Waals surface area contributed by atoms with Gasteiger partial charge in [-0.15, -0.1) is 0 Å². The fraction of sp³-hybridized carbons (Fsp3) is 0.267. The lowest BCUT2D eigenvalue weighted by Crippen LogP contribution is -2.25. The van der Waals surface area contributed by atoms with Gasteiger partial charge < -0.3 is 4.74 Å². The van der Waals surface area contributed by atoms with Crippen LogP contribution < -0.4 is 0 Å². The van der Waals surface area contributed by atoms with Gasteiger partial charge in [0.25, 0.3) is 0 Å². The Morgan fingerprint density at radius 1 is 1.50 bits per heavy atom. The fourth-order valence-corrected chi connectivity index (χ4v) is 1.51. The van der Waals surface area contributed by atoms with E-state index in [0.717, 1.165) is 21.7 Å². The zero-order valence-electron chi connectivity index (χ0n) is 11.7. The lowest BCUT2D eigenvalue weighted by atomic mass is 10.1. The molecule has 0 spiro atoms. The van der Waals surface area contributed by atoms with E-state index in [9.17, 15) is 9.59 Å². The summed E-state index contributed by atoms with van der Waals surface area (Å²) in [7, 11) is 0. The first-order chi connectivity index (χ1) is 9.60.